The van der Waals surface area contributed by atoms with Crippen molar-refractivity contribution in [2.75, 3.05) is 31.1 Å². The van der Waals surface area contributed by atoms with E-state index in [-0.39, 0.29) is 12.6 Å². The molecule has 6 nitrogen and oxygen atoms in total. The molecule has 1 aromatic rings. The number of carbonyl (C=O) groups excluding carboxylic acids is 1. The van der Waals surface area contributed by atoms with E-state index < -0.39 is 0 Å². The Morgan fingerprint density at radius 3 is 2.94 bits per heavy atom. The van der Waals surface area contributed by atoms with Crippen LogP contribution in [0.25, 0.3) is 0 Å². The van der Waals surface area contributed by atoms with E-state index in [1.807, 2.05) is 11.0 Å². The molecule has 1 amide bonds. The fourth-order valence-corrected chi connectivity index (χ4v) is 2.02. The fraction of sp³-hybridized carbons (Fsp3) is 0.417. The summed E-state index contributed by atoms with van der Waals surface area (Å²) in [5.74, 6) is 0.762. The van der Waals surface area contributed by atoms with Gasteiger partial charge in [-0.3, -0.25) is 4.79 Å². The maximum absolute atomic E-state index is 10.8. The molecule has 6 heteroatoms. The van der Waals surface area contributed by atoms with Gasteiger partial charge in [0, 0.05) is 25.8 Å². The molecule has 1 N–H and O–H groups in total. The largest absolute Gasteiger partial charge is 0.394 e. The van der Waals surface area contributed by atoms with Gasteiger partial charge in [-0.2, -0.15) is 5.26 Å². The van der Waals surface area contributed by atoms with E-state index in [9.17, 15) is 9.90 Å². The molecule has 1 fully saturated rings. The molecule has 1 aliphatic rings. The Morgan fingerprint density at radius 2 is 2.39 bits per heavy atom. The van der Waals surface area contributed by atoms with Crippen molar-refractivity contribution in [3.05, 3.63) is 23.9 Å². The summed E-state index contributed by atoms with van der Waals surface area (Å²) < 4.78 is 0. The first kappa shape index (κ1) is 12.3. The van der Waals surface area contributed by atoms with Gasteiger partial charge in [-0.25, -0.2) is 4.98 Å². The lowest BCUT2D eigenvalue weighted by atomic mass is 10.2. The van der Waals surface area contributed by atoms with Crippen molar-refractivity contribution < 1.29 is 9.90 Å². The molecular formula is C12H14N4O2. The number of amides is 1. The lowest BCUT2D eigenvalue weighted by molar-refractivity contribution is -0.121. The molecule has 0 radical (unpaired) electrons. The maximum atomic E-state index is 10.8. The number of hydrogen-bond donors (Lipinski definition) is 1. The Hall–Kier alpha value is -2.13. The molecule has 2 heterocycles. The smallest absolute Gasteiger partial charge is 0.210 e. The number of nitrogens with zero attached hydrogens (tertiary/aromatic N) is 4. The second-order valence-electron chi connectivity index (χ2n) is 4.14. The Balaban J connectivity index is 2.10. The maximum Gasteiger partial charge on any atom is 0.210 e. The number of aliphatic hydroxyl groups excluding tert-OH is 1. The van der Waals surface area contributed by atoms with Crippen molar-refractivity contribution in [3.8, 4) is 6.07 Å². The van der Waals surface area contributed by atoms with Crippen LogP contribution in [-0.4, -0.2) is 53.7 Å². The third kappa shape index (κ3) is 2.41. The van der Waals surface area contributed by atoms with Crippen LogP contribution in [0, 0.1) is 11.3 Å². The molecule has 0 bridgehead atoms. The van der Waals surface area contributed by atoms with Crippen LogP contribution in [0.5, 0.6) is 0 Å². The van der Waals surface area contributed by atoms with Crippen LogP contribution in [-0.2, 0) is 4.79 Å². The molecule has 18 heavy (non-hydrogen) atoms. The van der Waals surface area contributed by atoms with Crippen LogP contribution in [0.2, 0.25) is 0 Å². The van der Waals surface area contributed by atoms with E-state index in [1.54, 1.807) is 17.0 Å². The number of anilines is 1. The number of carbonyl (C=O) groups is 1. The average Bonchev–Trinajstić information content (AvgIpc) is 2.46. The molecule has 0 aliphatic carbocycles. The SMILES string of the molecule is N#Cc1ccc(N2CCN(C=O)C(CO)C2)nc1. The van der Waals surface area contributed by atoms with Gasteiger partial charge in [0.15, 0.2) is 0 Å². The standard InChI is InChI=1S/C12H14N4O2/c13-5-10-1-2-12(14-6-10)15-3-4-16(9-18)11(7-15)8-17/h1-2,6,9,11,17H,3-4,7-8H2. The fourth-order valence-electron chi connectivity index (χ4n) is 2.02. The Morgan fingerprint density at radius 1 is 1.56 bits per heavy atom. The van der Waals surface area contributed by atoms with Gasteiger partial charge >= 0.3 is 0 Å². The predicted octanol–water partition coefficient (Wildman–Crippen LogP) is -0.407. The van der Waals surface area contributed by atoms with E-state index in [0.717, 1.165) is 12.2 Å². The van der Waals surface area contributed by atoms with Crippen molar-refractivity contribution >= 4 is 12.2 Å². The minimum absolute atomic E-state index is 0.0640. The molecular weight excluding hydrogens is 232 g/mol. The van der Waals surface area contributed by atoms with Gasteiger partial charge in [0.25, 0.3) is 0 Å². The summed E-state index contributed by atoms with van der Waals surface area (Å²) in [6.07, 6.45) is 2.29. The first-order valence-electron chi connectivity index (χ1n) is 5.71. The van der Waals surface area contributed by atoms with Crippen molar-refractivity contribution in [2.24, 2.45) is 0 Å². The summed E-state index contributed by atoms with van der Waals surface area (Å²) >= 11 is 0. The van der Waals surface area contributed by atoms with E-state index in [2.05, 4.69) is 4.98 Å². The molecule has 0 saturated carbocycles. The number of aliphatic hydroxyl groups is 1. The average molecular weight is 246 g/mol. The van der Waals surface area contributed by atoms with Crippen LogP contribution in [0.4, 0.5) is 5.82 Å². The molecule has 0 spiro atoms. The van der Waals surface area contributed by atoms with Gasteiger partial charge < -0.3 is 14.9 Å². The first-order valence-corrected chi connectivity index (χ1v) is 5.71. The summed E-state index contributed by atoms with van der Waals surface area (Å²) in [6, 6.07) is 5.31. The zero-order chi connectivity index (χ0) is 13.0. The predicted molar refractivity (Wildman–Crippen MR) is 64.8 cm³/mol. The number of nitriles is 1. The lowest BCUT2D eigenvalue weighted by Gasteiger charge is -2.39. The summed E-state index contributed by atoms with van der Waals surface area (Å²) in [6.45, 7) is 1.73. The van der Waals surface area contributed by atoms with Gasteiger partial charge in [-0.1, -0.05) is 0 Å². The van der Waals surface area contributed by atoms with Crippen molar-refractivity contribution in [2.45, 2.75) is 6.04 Å². The van der Waals surface area contributed by atoms with Crippen LogP contribution in [0.1, 0.15) is 5.56 Å². The van der Waals surface area contributed by atoms with Crippen LogP contribution >= 0.6 is 0 Å². The molecule has 2 rings (SSSR count). The lowest BCUT2D eigenvalue weighted by Crippen LogP contribution is -2.54. The number of aromatic nitrogens is 1. The minimum Gasteiger partial charge on any atom is -0.394 e. The number of piperazine rings is 1. The third-order valence-corrected chi connectivity index (χ3v) is 3.08. The second-order valence-corrected chi connectivity index (χ2v) is 4.14. The molecule has 1 aliphatic heterocycles. The molecule has 94 valence electrons. The van der Waals surface area contributed by atoms with Gasteiger partial charge in [0.05, 0.1) is 18.2 Å². The quantitative estimate of drug-likeness (QED) is 0.733. The highest BCUT2D eigenvalue weighted by molar-refractivity contribution is 5.50. The van der Waals surface area contributed by atoms with Crippen molar-refractivity contribution in [3.63, 3.8) is 0 Å². The minimum atomic E-state index is -0.200. The highest BCUT2D eigenvalue weighted by atomic mass is 16.3. The second kappa shape index (κ2) is 5.47. The third-order valence-electron chi connectivity index (χ3n) is 3.08. The zero-order valence-corrected chi connectivity index (χ0v) is 9.86. The Kier molecular flexibility index (Phi) is 3.75. The normalized spacial score (nSPS) is 19.4. The van der Waals surface area contributed by atoms with Crippen molar-refractivity contribution in [1.82, 2.24) is 9.88 Å². The first-order chi connectivity index (χ1) is 8.78. The van der Waals surface area contributed by atoms with Crippen LogP contribution in [0.15, 0.2) is 18.3 Å². The molecule has 0 aromatic carbocycles. The highest BCUT2D eigenvalue weighted by Gasteiger charge is 2.25. The Bertz CT molecular complexity index is 454. The zero-order valence-electron chi connectivity index (χ0n) is 9.86. The number of rotatable bonds is 3. The highest BCUT2D eigenvalue weighted by Crippen LogP contribution is 2.16. The summed E-state index contributed by atoms with van der Waals surface area (Å²) in [5.41, 5.74) is 0.518. The summed E-state index contributed by atoms with van der Waals surface area (Å²) in [4.78, 5) is 18.6. The van der Waals surface area contributed by atoms with E-state index in [0.29, 0.717) is 25.2 Å². The topological polar surface area (TPSA) is 80.5 Å². The molecule has 1 saturated heterocycles. The van der Waals surface area contributed by atoms with Gasteiger partial charge in [0.2, 0.25) is 6.41 Å². The van der Waals surface area contributed by atoms with Gasteiger partial charge in [-0.05, 0) is 12.1 Å². The monoisotopic (exact) mass is 246 g/mol. The van der Waals surface area contributed by atoms with Crippen LogP contribution in [0.3, 0.4) is 0 Å². The van der Waals surface area contributed by atoms with E-state index in [4.69, 9.17) is 5.26 Å². The van der Waals surface area contributed by atoms with E-state index >= 15 is 0 Å². The molecule has 1 atom stereocenters. The molecule has 1 aromatic heterocycles. The Labute approximate surface area is 105 Å². The number of pyridine rings is 1. The van der Waals surface area contributed by atoms with E-state index in [1.165, 1.54) is 6.20 Å². The van der Waals surface area contributed by atoms with Gasteiger partial charge in [0.1, 0.15) is 11.9 Å². The summed E-state index contributed by atoms with van der Waals surface area (Å²) in [7, 11) is 0. The van der Waals surface area contributed by atoms with Crippen LogP contribution < -0.4 is 4.90 Å². The van der Waals surface area contributed by atoms with Gasteiger partial charge in [-0.15, -0.1) is 0 Å². The number of hydrogen-bond acceptors (Lipinski definition) is 5. The van der Waals surface area contributed by atoms with Crippen molar-refractivity contribution in [1.29, 1.82) is 5.26 Å². The summed E-state index contributed by atoms with van der Waals surface area (Å²) in [5, 5.41) is 18.0. The molecule has 1 unspecified atom stereocenters.